The van der Waals surface area contributed by atoms with Crippen molar-refractivity contribution >= 4 is 57.9 Å². The number of unbranched alkanes of at least 4 members (excludes halogenated alkanes) is 4. The Bertz CT molecular complexity index is 912. The standard InChI is InChI=1S/C20H38O7S.C12H20O4.Na.Sn.3H/c1-5-9-11-16(7-3)14-26-19(21)13-18(28(23,24)25)20(22)27-15-17(8-4)12-10-6-2;1-3-5-9-15-11(13)7-8-12(14)16-10-6-4-2;;;;;/h16-18H,5-15H2,1-4H3,(H,23,24,25);7-8H,3-6,9-10H2,1-2H3;;;;;/q;;+1;;;;-1/b;8-7-;;;;;. The van der Waals surface area contributed by atoms with E-state index in [1.54, 1.807) is 0 Å². The number of esters is 4. The summed E-state index contributed by atoms with van der Waals surface area (Å²) >= 11 is 0. The summed E-state index contributed by atoms with van der Waals surface area (Å²) in [7, 11) is -4.76. The maximum atomic E-state index is 12.2. The van der Waals surface area contributed by atoms with Gasteiger partial charge in [-0.1, -0.05) is 92.9 Å². The van der Waals surface area contributed by atoms with E-state index < -0.39 is 45.7 Å². The minimum atomic E-state index is -4.76. The van der Waals surface area contributed by atoms with Crippen LogP contribution in [0.3, 0.4) is 0 Å². The molecule has 0 fully saturated rings. The molecule has 11 nitrogen and oxygen atoms in total. The van der Waals surface area contributed by atoms with E-state index in [1.165, 1.54) is 0 Å². The van der Waals surface area contributed by atoms with Crippen LogP contribution in [0.4, 0.5) is 0 Å². The van der Waals surface area contributed by atoms with Crippen LogP contribution in [0.25, 0.3) is 0 Å². The molecule has 2 radical (unpaired) electrons. The summed E-state index contributed by atoms with van der Waals surface area (Å²) in [5, 5.41) is -1.95. The molecule has 0 bridgehead atoms. The maximum absolute atomic E-state index is 12.2. The molecule has 0 heterocycles. The van der Waals surface area contributed by atoms with Gasteiger partial charge in [-0.05, 0) is 37.5 Å². The molecule has 0 aliphatic carbocycles. The zero-order valence-electron chi connectivity index (χ0n) is 30.6. The van der Waals surface area contributed by atoms with Crippen molar-refractivity contribution in [2.75, 3.05) is 26.4 Å². The second-order valence-corrected chi connectivity index (χ2v) is 12.3. The zero-order valence-corrected chi connectivity index (χ0v) is 36.4. The van der Waals surface area contributed by atoms with Gasteiger partial charge in [0.2, 0.25) is 0 Å². The Kier molecular flexibility index (Phi) is 38.8. The van der Waals surface area contributed by atoms with E-state index in [9.17, 15) is 32.1 Å². The molecular formula is C32H61NaO11SSn. The number of carbonyl (C=O) groups excluding carboxylic acids is 4. The quantitative estimate of drug-likeness (QED) is 0.0382. The molecule has 0 aliphatic rings. The van der Waals surface area contributed by atoms with Crippen molar-refractivity contribution in [3.8, 4) is 0 Å². The number of hydrogen-bond acceptors (Lipinski definition) is 10. The van der Waals surface area contributed by atoms with E-state index >= 15 is 0 Å². The van der Waals surface area contributed by atoms with Gasteiger partial charge in [0.25, 0.3) is 10.1 Å². The van der Waals surface area contributed by atoms with Gasteiger partial charge >= 0.3 is 77.3 Å². The van der Waals surface area contributed by atoms with Gasteiger partial charge in [0.05, 0.1) is 32.8 Å². The first-order chi connectivity index (χ1) is 20.9. The molecule has 0 spiro atoms. The molecule has 14 heteroatoms. The van der Waals surface area contributed by atoms with Gasteiger partial charge in [-0.3, -0.25) is 14.1 Å². The fourth-order valence-corrected chi connectivity index (χ4v) is 4.34. The normalized spacial score (nSPS) is 12.7. The average molecular weight is 796 g/mol. The number of hydrogen-bond donors (Lipinski definition) is 1. The predicted octanol–water partition coefficient (Wildman–Crippen LogP) is 2.58. The molecule has 0 aromatic carbocycles. The van der Waals surface area contributed by atoms with Gasteiger partial charge in [-0.25, -0.2) is 9.59 Å². The predicted molar refractivity (Wildman–Crippen MR) is 179 cm³/mol. The monoisotopic (exact) mass is 796 g/mol. The Hall–Kier alpha value is -0.671. The summed E-state index contributed by atoms with van der Waals surface area (Å²) in [6.07, 6.45) is 12.5. The van der Waals surface area contributed by atoms with Gasteiger partial charge < -0.3 is 20.4 Å². The van der Waals surface area contributed by atoms with Crippen LogP contribution in [0.5, 0.6) is 0 Å². The van der Waals surface area contributed by atoms with Crippen LogP contribution in [-0.4, -0.2) is 92.4 Å². The third kappa shape index (κ3) is 30.6. The van der Waals surface area contributed by atoms with Crippen molar-refractivity contribution in [1.82, 2.24) is 0 Å². The van der Waals surface area contributed by atoms with Crippen LogP contribution in [0.15, 0.2) is 12.2 Å². The van der Waals surface area contributed by atoms with E-state index in [4.69, 9.17) is 18.9 Å². The SMILES string of the molecule is CCCCC(CC)COC(=O)CC(C(=O)OCC(CC)CCCC)S(=O)(=O)O.CCCCOC(=O)/C=C\C(=O)OCCCC.[H-].[Na+].[SnH2]. The van der Waals surface area contributed by atoms with Crippen molar-refractivity contribution < 1.29 is 82.1 Å². The third-order valence-corrected chi connectivity index (χ3v) is 7.92. The summed E-state index contributed by atoms with van der Waals surface area (Å²) in [4.78, 5) is 46.3. The van der Waals surface area contributed by atoms with E-state index in [0.29, 0.717) is 13.2 Å². The Labute approximate surface area is 318 Å². The van der Waals surface area contributed by atoms with Gasteiger partial charge in [0, 0.05) is 12.2 Å². The third-order valence-electron chi connectivity index (χ3n) is 6.84. The second kappa shape index (κ2) is 34.2. The first-order valence-corrected chi connectivity index (χ1v) is 17.7. The first kappa shape index (κ1) is 52.1. The summed E-state index contributed by atoms with van der Waals surface area (Å²) in [6.45, 7) is 13.2. The van der Waals surface area contributed by atoms with Crippen molar-refractivity contribution in [2.45, 2.75) is 130 Å². The molecule has 266 valence electrons. The molecule has 0 aromatic rings. The molecule has 0 amide bonds. The molecule has 0 aliphatic heterocycles. The van der Waals surface area contributed by atoms with Crippen LogP contribution >= 0.6 is 0 Å². The van der Waals surface area contributed by atoms with E-state index in [2.05, 4.69) is 13.8 Å². The summed E-state index contributed by atoms with van der Waals surface area (Å²) in [6, 6.07) is 0. The molecule has 0 aromatic heterocycles. The van der Waals surface area contributed by atoms with E-state index in [0.717, 1.165) is 89.2 Å². The fraction of sp³-hybridized carbons (Fsp3) is 0.812. The summed E-state index contributed by atoms with van der Waals surface area (Å²) < 4.78 is 52.4. The van der Waals surface area contributed by atoms with Crippen LogP contribution < -0.4 is 29.6 Å². The Morgan fingerprint density at radius 3 is 1.41 bits per heavy atom. The van der Waals surface area contributed by atoms with E-state index in [1.807, 2.05) is 27.7 Å². The zero-order chi connectivity index (χ0) is 33.8. The van der Waals surface area contributed by atoms with Crippen LogP contribution in [-0.2, 0) is 48.2 Å². The van der Waals surface area contributed by atoms with Crippen molar-refractivity contribution in [3.63, 3.8) is 0 Å². The van der Waals surface area contributed by atoms with Gasteiger partial charge in [-0.2, -0.15) is 8.42 Å². The van der Waals surface area contributed by atoms with Crippen LogP contribution in [0.1, 0.15) is 126 Å². The van der Waals surface area contributed by atoms with Gasteiger partial charge in [0.15, 0.2) is 5.25 Å². The molecule has 0 saturated carbocycles. The number of carbonyl (C=O) groups is 4. The minimum absolute atomic E-state index is 0. The second-order valence-electron chi connectivity index (χ2n) is 10.7. The topological polar surface area (TPSA) is 160 Å². The molecule has 3 atom stereocenters. The Balaban J connectivity index is -0.000000267. The number of rotatable bonds is 24. The molecule has 3 unspecified atom stereocenters. The van der Waals surface area contributed by atoms with Gasteiger partial charge in [0.1, 0.15) is 0 Å². The average Bonchev–Trinajstić information content (AvgIpc) is 2.99. The van der Waals surface area contributed by atoms with Gasteiger partial charge in [-0.15, -0.1) is 0 Å². The summed E-state index contributed by atoms with van der Waals surface area (Å²) in [5.41, 5.74) is 0. The number of ether oxygens (including phenoxy) is 4. The van der Waals surface area contributed by atoms with E-state index in [-0.39, 0.29) is 79.9 Å². The van der Waals surface area contributed by atoms with Crippen molar-refractivity contribution in [1.29, 1.82) is 0 Å². The van der Waals surface area contributed by atoms with Crippen molar-refractivity contribution in [3.05, 3.63) is 12.2 Å². The van der Waals surface area contributed by atoms with Crippen LogP contribution in [0.2, 0.25) is 0 Å². The van der Waals surface area contributed by atoms with Crippen molar-refractivity contribution in [2.24, 2.45) is 11.8 Å². The molecule has 0 saturated heterocycles. The van der Waals surface area contributed by atoms with Crippen LogP contribution in [0, 0.1) is 11.8 Å². The fourth-order valence-electron chi connectivity index (χ4n) is 3.69. The molecular weight excluding hydrogens is 734 g/mol. The molecule has 1 N–H and O–H groups in total. The molecule has 0 rings (SSSR count). The first-order valence-electron chi connectivity index (χ1n) is 16.2. The summed E-state index contributed by atoms with van der Waals surface area (Å²) in [5.74, 6) is -2.60. The molecule has 46 heavy (non-hydrogen) atoms. The Morgan fingerprint density at radius 2 is 1.07 bits per heavy atom. The Morgan fingerprint density at radius 1 is 0.674 bits per heavy atom.